The zero-order valence-electron chi connectivity index (χ0n) is 16.7. The third-order valence-electron chi connectivity index (χ3n) is 6.79. The number of hydrogen-bond acceptors (Lipinski definition) is 3. The molecule has 5 rings (SSSR count). The summed E-state index contributed by atoms with van der Waals surface area (Å²) in [6.45, 7) is 0.188. The Hall–Kier alpha value is -0.980. The lowest BCUT2D eigenvalue weighted by Gasteiger charge is -2.56. The molecule has 0 spiro atoms. The molecule has 1 aromatic rings. The van der Waals surface area contributed by atoms with E-state index in [4.69, 9.17) is 23.2 Å². The van der Waals surface area contributed by atoms with E-state index >= 15 is 0 Å². The molecule has 0 aromatic heterocycles. The van der Waals surface area contributed by atoms with Gasteiger partial charge < -0.3 is 5.32 Å². The minimum atomic E-state index is -3.54. The van der Waals surface area contributed by atoms with Crippen LogP contribution in [0.2, 0.25) is 10.0 Å². The Morgan fingerprint density at radius 1 is 1.14 bits per heavy atom. The van der Waals surface area contributed by atoms with Gasteiger partial charge in [-0.15, -0.1) is 0 Å². The summed E-state index contributed by atoms with van der Waals surface area (Å²) in [5.41, 5.74) is 0.335. The van der Waals surface area contributed by atoms with Gasteiger partial charge in [-0.25, -0.2) is 8.42 Å². The van der Waals surface area contributed by atoms with Crippen molar-refractivity contribution in [3.8, 4) is 0 Å². The Bertz CT molecular complexity index is 868. The number of nitrogens with one attached hydrogen (secondary N) is 1. The molecule has 4 bridgehead atoms. The number of hydrogen-bond donors (Lipinski definition) is 1. The summed E-state index contributed by atoms with van der Waals surface area (Å²) in [5, 5.41) is 4.08. The number of carbonyl (C=O) groups is 1. The van der Waals surface area contributed by atoms with Crippen LogP contribution in [-0.2, 0) is 14.8 Å². The van der Waals surface area contributed by atoms with Crippen LogP contribution >= 0.6 is 23.2 Å². The molecule has 0 atom stereocenters. The van der Waals surface area contributed by atoms with Crippen molar-refractivity contribution in [2.24, 2.45) is 17.8 Å². The van der Waals surface area contributed by atoms with Crippen molar-refractivity contribution in [3.05, 3.63) is 28.2 Å². The molecule has 1 aromatic carbocycles. The molecule has 29 heavy (non-hydrogen) atoms. The van der Waals surface area contributed by atoms with Gasteiger partial charge in [0, 0.05) is 23.5 Å². The van der Waals surface area contributed by atoms with E-state index in [0.29, 0.717) is 28.6 Å². The number of benzene rings is 1. The third-order valence-corrected chi connectivity index (χ3v) is 8.52. The zero-order chi connectivity index (χ0) is 20.8. The van der Waals surface area contributed by atoms with Gasteiger partial charge in [-0.1, -0.05) is 23.2 Å². The maximum atomic E-state index is 12.7. The largest absolute Gasteiger partial charge is 0.351 e. The predicted octanol–water partition coefficient (Wildman–Crippen LogP) is 4.62. The lowest BCUT2D eigenvalue weighted by atomic mass is 9.53. The fraction of sp³-hybridized carbons (Fsp3) is 0.667. The number of sulfonamides is 1. The smallest absolute Gasteiger partial charge is 0.232 e. The topological polar surface area (TPSA) is 66.5 Å². The van der Waals surface area contributed by atoms with Crippen LogP contribution < -0.4 is 9.62 Å². The first kappa shape index (κ1) is 21.3. The van der Waals surface area contributed by atoms with Gasteiger partial charge in [0.15, 0.2) is 0 Å². The first-order chi connectivity index (χ1) is 13.6. The van der Waals surface area contributed by atoms with Crippen molar-refractivity contribution in [1.29, 1.82) is 0 Å². The summed E-state index contributed by atoms with van der Waals surface area (Å²) >= 11 is 12.2. The van der Waals surface area contributed by atoms with Crippen molar-refractivity contribution in [3.63, 3.8) is 0 Å². The average molecular weight is 459 g/mol. The Labute approximate surface area is 183 Å². The Morgan fingerprint density at radius 2 is 1.72 bits per heavy atom. The molecule has 5 nitrogen and oxygen atoms in total. The summed E-state index contributed by atoms with van der Waals surface area (Å²) in [7, 11) is -3.54. The highest BCUT2D eigenvalue weighted by Gasteiger charge is 2.51. The molecule has 0 unspecified atom stereocenters. The van der Waals surface area contributed by atoms with Crippen LogP contribution in [-0.4, -0.2) is 32.7 Å². The number of amides is 1. The van der Waals surface area contributed by atoms with E-state index in [1.165, 1.54) is 23.6 Å². The van der Waals surface area contributed by atoms with Crippen molar-refractivity contribution < 1.29 is 13.2 Å². The van der Waals surface area contributed by atoms with Gasteiger partial charge in [0.1, 0.15) is 0 Å². The molecule has 4 aliphatic carbocycles. The highest BCUT2D eigenvalue weighted by Crippen LogP contribution is 2.55. The van der Waals surface area contributed by atoms with Gasteiger partial charge in [0.05, 0.1) is 17.0 Å². The molecule has 160 valence electrons. The highest BCUT2D eigenvalue weighted by molar-refractivity contribution is 7.92. The van der Waals surface area contributed by atoms with Gasteiger partial charge in [0.2, 0.25) is 15.9 Å². The Balaban J connectivity index is 1.37. The quantitative estimate of drug-likeness (QED) is 0.647. The normalized spacial score (nSPS) is 30.4. The fourth-order valence-electron chi connectivity index (χ4n) is 6.15. The maximum Gasteiger partial charge on any atom is 0.232 e. The Morgan fingerprint density at radius 3 is 2.28 bits per heavy atom. The minimum absolute atomic E-state index is 0.0153. The molecule has 4 saturated carbocycles. The van der Waals surface area contributed by atoms with Gasteiger partial charge >= 0.3 is 0 Å². The SMILES string of the molecule is CS(=O)(=O)N(CCCC(=O)NC12CC3CC(CC(C3)C1)C2)c1cc(Cl)ccc1Cl. The van der Waals surface area contributed by atoms with Crippen LogP contribution in [0.25, 0.3) is 0 Å². The van der Waals surface area contributed by atoms with Crippen LogP contribution in [0.3, 0.4) is 0 Å². The highest BCUT2D eigenvalue weighted by atomic mass is 35.5. The van der Waals surface area contributed by atoms with E-state index in [9.17, 15) is 13.2 Å². The van der Waals surface area contributed by atoms with Crippen molar-refractivity contribution in [1.82, 2.24) is 5.32 Å². The molecule has 1 amide bonds. The average Bonchev–Trinajstić information content (AvgIpc) is 2.58. The van der Waals surface area contributed by atoms with Crippen LogP contribution in [0.4, 0.5) is 5.69 Å². The fourth-order valence-corrected chi connectivity index (χ4v) is 7.55. The lowest BCUT2D eigenvalue weighted by Crippen LogP contribution is -2.59. The molecule has 0 heterocycles. The van der Waals surface area contributed by atoms with Gasteiger partial charge in [0.25, 0.3) is 0 Å². The van der Waals surface area contributed by atoms with Crippen LogP contribution in [0, 0.1) is 17.8 Å². The second-order valence-electron chi connectivity index (χ2n) is 9.28. The molecule has 0 radical (unpaired) electrons. The molecular weight excluding hydrogens is 431 g/mol. The lowest BCUT2D eigenvalue weighted by molar-refractivity contribution is -0.126. The van der Waals surface area contributed by atoms with Crippen molar-refractivity contribution >= 4 is 44.8 Å². The van der Waals surface area contributed by atoms with E-state index in [1.807, 2.05) is 0 Å². The van der Waals surface area contributed by atoms with Crippen molar-refractivity contribution in [2.45, 2.75) is 56.9 Å². The van der Waals surface area contributed by atoms with Gasteiger partial charge in [-0.3, -0.25) is 9.10 Å². The first-order valence-corrected chi connectivity index (χ1v) is 13.0. The molecule has 8 heteroatoms. The molecule has 1 N–H and O–H groups in total. The summed E-state index contributed by atoms with van der Waals surface area (Å²) in [6, 6.07) is 4.74. The Kier molecular flexibility index (Phi) is 5.82. The van der Waals surface area contributed by atoms with E-state index in [-0.39, 0.29) is 18.0 Å². The number of anilines is 1. The summed E-state index contributed by atoms with van der Waals surface area (Å²) in [4.78, 5) is 12.7. The molecule has 4 fully saturated rings. The second kappa shape index (κ2) is 7.93. The third kappa shape index (κ3) is 4.70. The van der Waals surface area contributed by atoms with E-state index in [0.717, 1.165) is 43.3 Å². The molecule has 4 aliphatic rings. The molecule has 0 saturated heterocycles. The van der Waals surface area contributed by atoms with Gasteiger partial charge in [-0.2, -0.15) is 0 Å². The van der Waals surface area contributed by atoms with E-state index in [1.54, 1.807) is 18.2 Å². The summed E-state index contributed by atoms with van der Waals surface area (Å²) < 4.78 is 25.8. The number of halogens is 2. The maximum absolute atomic E-state index is 12.7. The zero-order valence-corrected chi connectivity index (χ0v) is 19.0. The van der Waals surface area contributed by atoms with E-state index in [2.05, 4.69) is 5.32 Å². The molecular formula is C21H28Cl2N2O3S. The van der Waals surface area contributed by atoms with E-state index < -0.39 is 10.0 Å². The predicted molar refractivity (Wildman–Crippen MR) is 117 cm³/mol. The van der Waals surface area contributed by atoms with Crippen LogP contribution in [0.5, 0.6) is 0 Å². The standard InChI is InChI=1S/C21H28Cl2N2O3S/c1-29(27,28)25(19-10-17(22)4-5-18(19)23)6-2-3-20(26)24-21-11-14-7-15(12-21)9-16(8-14)13-21/h4-5,10,14-16H,2-3,6-9,11-13H2,1H3,(H,24,26). The number of nitrogens with zero attached hydrogens (tertiary/aromatic N) is 1. The monoisotopic (exact) mass is 458 g/mol. The van der Waals surface area contributed by atoms with Crippen LogP contribution in [0.1, 0.15) is 51.4 Å². The molecule has 0 aliphatic heterocycles. The van der Waals surface area contributed by atoms with Gasteiger partial charge in [-0.05, 0) is 80.9 Å². The number of carbonyl (C=O) groups excluding carboxylic acids is 1. The van der Waals surface area contributed by atoms with Crippen molar-refractivity contribution in [2.75, 3.05) is 17.1 Å². The van der Waals surface area contributed by atoms with Crippen LogP contribution in [0.15, 0.2) is 18.2 Å². The first-order valence-electron chi connectivity index (χ1n) is 10.4. The summed E-state index contributed by atoms with van der Waals surface area (Å²) in [5.74, 6) is 2.34. The second-order valence-corrected chi connectivity index (χ2v) is 12.0. The minimum Gasteiger partial charge on any atom is -0.351 e. The number of rotatable bonds is 7. The summed E-state index contributed by atoms with van der Waals surface area (Å²) in [6.07, 6.45) is 9.19.